The third-order valence-electron chi connectivity index (χ3n) is 2.89. The van der Waals surface area contributed by atoms with E-state index in [-0.39, 0.29) is 0 Å². The third kappa shape index (κ3) is 14.8. The van der Waals surface area contributed by atoms with Crippen LogP contribution in [0, 0.1) is 0 Å². The van der Waals surface area contributed by atoms with Gasteiger partial charge in [0.2, 0.25) is 0 Å². The Kier molecular flexibility index (Phi) is 14.5. The predicted octanol–water partition coefficient (Wildman–Crippen LogP) is 5.18. The van der Waals surface area contributed by atoms with Gasteiger partial charge in [-0.2, -0.15) is 0 Å². The molecule has 0 aromatic rings. The molecule has 2 heteroatoms. The second-order valence-electron chi connectivity index (χ2n) is 4.94. The summed E-state index contributed by atoms with van der Waals surface area (Å²) in [7, 11) is 0. The van der Waals surface area contributed by atoms with Gasteiger partial charge >= 0.3 is 104 Å². The fourth-order valence-electron chi connectivity index (χ4n) is 1.87. The Morgan fingerprint density at radius 1 is 0.688 bits per heavy atom. The second kappa shape index (κ2) is 13.8. The zero-order valence-corrected chi connectivity index (χ0v) is 14.5. The quantitative estimate of drug-likeness (QED) is 0.353. The molecule has 0 rings (SSSR count). The fourth-order valence-corrected chi connectivity index (χ4v) is 3.44. The number of unbranched alkanes of at least 4 members (excludes halogenated alkanes) is 9. The van der Waals surface area contributed by atoms with Crippen LogP contribution in [0.1, 0.15) is 71.1 Å². The third-order valence-corrected chi connectivity index (χ3v) is 5.12. The first-order chi connectivity index (χ1) is 7.77. The van der Waals surface area contributed by atoms with Gasteiger partial charge in [0.1, 0.15) is 0 Å². The molecule has 1 nitrogen and oxygen atoms in total. The molecule has 0 aliphatic heterocycles. The van der Waals surface area contributed by atoms with E-state index in [1.165, 1.54) is 64.2 Å². The summed E-state index contributed by atoms with van der Waals surface area (Å²) < 4.78 is 5.71. The van der Waals surface area contributed by atoms with Gasteiger partial charge in [-0.15, -0.1) is 0 Å². The minimum absolute atomic E-state index is 1.04. The van der Waals surface area contributed by atoms with Gasteiger partial charge in [-0.1, -0.05) is 6.92 Å². The van der Waals surface area contributed by atoms with Gasteiger partial charge in [0.25, 0.3) is 0 Å². The summed E-state index contributed by atoms with van der Waals surface area (Å²) in [5.74, 6) is 0. The van der Waals surface area contributed by atoms with Gasteiger partial charge in [-0.25, -0.2) is 0 Å². The summed E-state index contributed by atoms with van der Waals surface area (Å²) in [4.78, 5) is 4.61. The Labute approximate surface area is 111 Å². The molecular formula is C14H31OSn. The molecule has 0 N–H and O–H groups in total. The van der Waals surface area contributed by atoms with Gasteiger partial charge in [-0.3, -0.25) is 0 Å². The molecule has 0 aromatic carbocycles. The minimum atomic E-state index is -1.23. The van der Waals surface area contributed by atoms with E-state index < -0.39 is 20.2 Å². The van der Waals surface area contributed by atoms with E-state index in [9.17, 15) is 0 Å². The van der Waals surface area contributed by atoms with Gasteiger partial charge in [-0.05, 0) is 0 Å². The van der Waals surface area contributed by atoms with Crippen LogP contribution in [0.3, 0.4) is 0 Å². The van der Waals surface area contributed by atoms with Crippen LogP contribution < -0.4 is 0 Å². The van der Waals surface area contributed by atoms with Crippen LogP contribution in [0.25, 0.3) is 0 Å². The molecule has 0 saturated heterocycles. The zero-order valence-electron chi connectivity index (χ0n) is 11.7. The van der Waals surface area contributed by atoms with Gasteiger partial charge in [0.05, 0.1) is 0 Å². The molecule has 0 aromatic heterocycles. The van der Waals surface area contributed by atoms with Crippen molar-refractivity contribution in [2.75, 3.05) is 6.61 Å². The van der Waals surface area contributed by atoms with Crippen molar-refractivity contribution in [3.63, 3.8) is 0 Å². The Morgan fingerprint density at radius 3 is 1.56 bits per heavy atom. The number of hydrogen-bond acceptors (Lipinski definition) is 1. The van der Waals surface area contributed by atoms with Crippen molar-refractivity contribution < 1.29 is 3.07 Å². The Balaban J connectivity index is 2.88. The molecular weight excluding hydrogens is 303 g/mol. The van der Waals surface area contributed by atoms with Crippen LogP contribution in [0.4, 0.5) is 0 Å². The summed E-state index contributed by atoms with van der Waals surface area (Å²) in [5, 5.41) is 0. The van der Waals surface area contributed by atoms with Crippen molar-refractivity contribution in [1.82, 2.24) is 0 Å². The molecule has 0 spiro atoms. The van der Waals surface area contributed by atoms with E-state index in [1.807, 2.05) is 0 Å². The van der Waals surface area contributed by atoms with Gasteiger partial charge < -0.3 is 0 Å². The summed E-state index contributed by atoms with van der Waals surface area (Å²) in [6.07, 6.45) is 14.1. The Bertz CT molecular complexity index is 126. The van der Waals surface area contributed by atoms with E-state index in [0.717, 1.165) is 6.61 Å². The number of rotatable bonds is 12. The molecule has 0 amide bonds. The average molecular weight is 334 g/mol. The maximum atomic E-state index is 5.71. The van der Waals surface area contributed by atoms with Crippen molar-refractivity contribution in [2.45, 2.75) is 81.0 Å². The van der Waals surface area contributed by atoms with E-state index in [4.69, 9.17) is 3.07 Å². The molecule has 0 atom stereocenters. The first-order valence-corrected chi connectivity index (χ1v) is 14.1. The van der Waals surface area contributed by atoms with Crippen molar-refractivity contribution in [3.05, 3.63) is 0 Å². The van der Waals surface area contributed by atoms with Crippen LogP contribution in [-0.4, -0.2) is 26.8 Å². The molecule has 97 valence electrons. The van der Waals surface area contributed by atoms with Crippen LogP contribution in [0.2, 0.25) is 9.88 Å². The van der Waals surface area contributed by atoms with Crippen molar-refractivity contribution in [1.29, 1.82) is 0 Å². The van der Waals surface area contributed by atoms with E-state index in [0.29, 0.717) is 0 Å². The summed E-state index contributed by atoms with van der Waals surface area (Å²) in [5.41, 5.74) is 0. The van der Waals surface area contributed by atoms with E-state index in [1.54, 1.807) is 0 Å². The van der Waals surface area contributed by atoms with E-state index in [2.05, 4.69) is 16.8 Å². The standard InChI is InChI=1S/C12H25O.2CH3.Sn/c1-2-3-4-5-6-7-8-9-10-11-12-13;;;/h2-12H2,1H3;2*1H3;/q-1;;;+1. The van der Waals surface area contributed by atoms with Crippen LogP contribution in [0.5, 0.6) is 0 Å². The van der Waals surface area contributed by atoms with Crippen LogP contribution >= 0.6 is 0 Å². The fraction of sp³-hybridized carbons (Fsp3) is 1.00. The maximum absolute atomic E-state index is 5.71. The van der Waals surface area contributed by atoms with Crippen molar-refractivity contribution in [2.24, 2.45) is 0 Å². The average Bonchev–Trinajstić information content (AvgIpc) is 2.25. The summed E-state index contributed by atoms with van der Waals surface area (Å²) in [6, 6.07) is 0. The normalized spacial score (nSPS) is 11.2. The van der Waals surface area contributed by atoms with Crippen LogP contribution in [0.15, 0.2) is 0 Å². The topological polar surface area (TPSA) is 9.23 Å². The second-order valence-corrected chi connectivity index (χ2v) is 10.9. The first kappa shape index (κ1) is 16.8. The Morgan fingerprint density at radius 2 is 1.12 bits per heavy atom. The van der Waals surface area contributed by atoms with Gasteiger partial charge in [0, 0.05) is 0 Å². The molecule has 0 unspecified atom stereocenters. The molecule has 0 saturated carbocycles. The molecule has 0 bridgehead atoms. The molecule has 1 radical (unpaired) electrons. The molecule has 0 aliphatic rings. The van der Waals surface area contributed by atoms with Crippen molar-refractivity contribution >= 4 is 20.2 Å². The summed E-state index contributed by atoms with van der Waals surface area (Å²) >= 11 is -1.23. The molecule has 16 heavy (non-hydrogen) atoms. The Hall–Kier alpha value is 0.759. The monoisotopic (exact) mass is 335 g/mol. The predicted molar refractivity (Wildman–Crippen MR) is 75.3 cm³/mol. The van der Waals surface area contributed by atoms with Gasteiger partial charge in [0.15, 0.2) is 0 Å². The first-order valence-electron chi connectivity index (χ1n) is 7.20. The summed E-state index contributed by atoms with van der Waals surface area (Å²) in [6.45, 7) is 3.32. The van der Waals surface area contributed by atoms with Crippen LogP contribution in [-0.2, 0) is 3.07 Å². The molecule has 0 aliphatic carbocycles. The van der Waals surface area contributed by atoms with E-state index >= 15 is 0 Å². The zero-order chi connectivity index (χ0) is 12.1. The SMILES string of the molecule is CCCCCCCCCCCC[O][Sn]([CH3])[CH3]. The van der Waals surface area contributed by atoms with Crippen molar-refractivity contribution in [3.8, 4) is 0 Å². The number of hydrogen-bond donors (Lipinski definition) is 0. The molecule has 0 fully saturated rings. The molecule has 0 heterocycles.